The van der Waals surface area contributed by atoms with Gasteiger partial charge >= 0.3 is 0 Å². The van der Waals surface area contributed by atoms with Gasteiger partial charge in [-0.2, -0.15) is 0 Å². The third-order valence-corrected chi connectivity index (χ3v) is 2.35. The highest BCUT2D eigenvalue weighted by Gasteiger charge is 2.26. The van der Waals surface area contributed by atoms with Gasteiger partial charge in [0.1, 0.15) is 0 Å². The van der Waals surface area contributed by atoms with Gasteiger partial charge in [0, 0.05) is 0 Å². The average molecular weight is 137 g/mol. The fraction of sp³-hybridized carbons (Fsp3) is 0.700. The first kappa shape index (κ1) is 7.84. The third kappa shape index (κ3) is 1.86. The molecule has 10 heavy (non-hydrogen) atoms. The second-order valence-corrected chi connectivity index (χ2v) is 4.06. The van der Waals surface area contributed by atoms with Crippen LogP contribution in [-0.2, 0) is 0 Å². The van der Waals surface area contributed by atoms with E-state index >= 15 is 0 Å². The maximum atomic E-state index is 3.81. The minimum absolute atomic E-state index is 0.543. The van der Waals surface area contributed by atoms with Crippen LogP contribution in [0.3, 0.4) is 0 Å². The molecule has 0 aromatic heterocycles. The van der Waals surface area contributed by atoms with Crippen molar-refractivity contribution < 1.29 is 0 Å². The summed E-state index contributed by atoms with van der Waals surface area (Å²) >= 11 is 0. The molecule has 1 radical (unpaired) electrons. The number of hydrogen-bond acceptors (Lipinski definition) is 0. The minimum Gasteiger partial charge on any atom is -0.102 e. The Morgan fingerprint density at radius 3 is 2.60 bits per heavy atom. The lowest BCUT2D eigenvalue weighted by molar-refractivity contribution is 0.271. The van der Waals surface area contributed by atoms with Crippen molar-refractivity contribution in [2.45, 2.75) is 39.5 Å². The first-order chi connectivity index (χ1) is 4.64. The third-order valence-electron chi connectivity index (χ3n) is 2.35. The SMILES string of the molecule is C=C[C]1CCCC(C)(C)C1. The normalized spacial score (nSPS) is 26.2. The molecular formula is C10H17. The maximum Gasteiger partial charge on any atom is -0.00248 e. The molecule has 0 amide bonds. The van der Waals surface area contributed by atoms with Crippen molar-refractivity contribution in [2.24, 2.45) is 5.41 Å². The molecule has 1 fully saturated rings. The molecule has 1 aliphatic carbocycles. The number of hydrogen-bond donors (Lipinski definition) is 0. The topological polar surface area (TPSA) is 0 Å². The molecule has 0 heterocycles. The molecule has 0 saturated heterocycles. The number of allylic oxidation sites excluding steroid dienone is 1. The van der Waals surface area contributed by atoms with Crippen LogP contribution in [0.15, 0.2) is 12.7 Å². The first-order valence-corrected chi connectivity index (χ1v) is 4.11. The van der Waals surface area contributed by atoms with Crippen molar-refractivity contribution in [3.05, 3.63) is 18.6 Å². The van der Waals surface area contributed by atoms with Crippen LogP contribution in [-0.4, -0.2) is 0 Å². The molecule has 0 aliphatic heterocycles. The van der Waals surface area contributed by atoms with Gasteiger partial charge in [0.25, 0.3) is 0 Å². The summed E-state index contributed by atoms with van der Waals surface area (Å²) in [5, 5.41) is 0. The van der Waals surface area contributed by atoms with E-state index < -0.39 is 0 Å². The molecule has 1 saturated carbocycles. The summed E-state index contributed by atoms with van der Waals surface area (Å²) in [4.78, 5) is 0. The summed E-state index contributed by atoms with van der Waals surface area (Å²) < 4.78 is 0. The largest absolute Gasteiger partial charge is 0.102 e. The van der Waals surface area contributed by atoms with E-state index in [0.717, 1.165) is 0 Å². The lowest BCUT2D eigenvalue weighted by Crippen LogP contribution is -2.19. The molecule has 1 aliphatic rings. The molecule has 0 spiro atoms. The van der Waals surface area contributed by atoms with Crippen LogP contribution in [0.4, 0.5) is 0 Å². The summed E-state index contributed by atoms with van der Waals surface area (Å²) in [5.41, 5.74) is 0.543. The Labute approximate surface area is 64.3 Å². The lowest BCUT2D eigenvalue weighted by Gasteiger charge is -2.33. The Balaban J connectivity index is 2.47. The summed E-state index contributed by atoms with van der Waals surface area (Å²) in [7, 11) is 0. The Bertz CT molecular complexity index is 122. The predicted molar refractivity (Wildman–Crippen MR) is 45.7 cm³/mol. The molecule has 0 heteroatoms. The maximum absolute atomic E-state index is 3.81. The average Bonchev–Trinajstić information content (AvgIpc) is 1.86. The second-order valence-electron chi connectivity index (χ2n) is 4.06. The summed E-state index contributed by atoms with van der Waals surface area (Å²) in [5.74, 6) is 1.55. The Morgan fingerprint density at radius 2 is 2.20 bits per heavy atom. The molecule has 0 bridgehead atoms. The summed E-state index contributed by atoms with van der Waals surface area (Å²) in [6, 6.07) is 0. The van der Waals surface area contributed by atoms with E-state index in [4.69, 9.17) is 0 Å². The second kappa shape index (κ2) is 2.77. The highest BCUT2D eigenvalue weighted by molar-refractivity contribution is 5.10. The zero-order chi connectivity index (χ0) is 7.61. The smallest absolute Gasteiger partial charge is 0.00248 e. The minimum atomic E-state index is 0.543. The molecule has 0 N–H and O–H groups in total. The number of rotatable bonds is 1. The molecule has 0 nitrogen and oxygen atoms in total. The van der Waals surface area contributed by atoms with Crippen molar-refractivity contribution in [1.82, 2.24) is 0 Å². The van der Waals surface area contributed by atoms with Gasteiger partial charge in [0.15, 0.2) is 0 Å². The quantitative estimate of drug-likeness (QED) is 0.520. The van der Waals surface area contributed by atoms with Crippen molar-refractivity contribution >= 4 is 0 Å². The van der Waals surface area contributed by atoms with Gasteiger partial charge in [-0.25, -0.2) is 0 Å². The molecule has 0 unspecified atom stereocenters. The van der Waals surface area contributed by atoms with Crippen LogP contribution in [0.25, 0.3) is 0 Å². The van der Waals surface area contributed by atoms with Crippen LogP contribution < -0.4 is 0 Å². The van der Waals surface area contributed by atoms with Gasteiger partial charge in [-0.05, 0) is 30.6 Å². The standard InChI is InChI=1S/C10H17/c1-4-9-6-5-7-10(2,3)8-9/h4H,1,5-8H2,2-3H3. The lowest BCUT2D eigenvalue weighted by atomic mass is 9.72. The predicted octanol–water partition coefficient (Wildman–Crippen LogP) is 3.35. The zero-order valence-electron chi connectivity index (χ0n) is 7.11. The van der Waals surface area contributed by atoms with Crippen molar-refractivity contribution in [3.8, 4) is 0 Å². The van der Waals surface area contributed by atoms with E-state index in [1.165, 1.54) is 25.7 Å². The van der Waals surface area contributed by atoms with E-state index in [1.54, 1.807) is 5.92 Å². The Hall–Kier alpha value is -0.260. The van der Waals surface area contributed by atoms with Crippen molar-refractivity contribution in [2.75, 3.05) is 0 Å². The molecule has 0 aromatic rings. The highest BCUT2D eigenvalue weighted by atomic mass is 14.3. The molecule has 57 valence electrons. The Kier molecular flexibility index (Phi) is 2.18. The van der Waals surface area contributed by atoms with Crippen LogP contribution >= 0.6 is 0 Å². The fourth-order valence-corrected chi connectivity index (χ4v) is 1.76. The van der Waals surface area contributed by atoms with Crippen LogP contribution in [0.1, 0.15) is 39.5 Å². The highest BCUT2D eigenvalue weighted by Crippen LogP contribution is 2.39. The van der Waals surface area contributed by atoms with Gasteiger partial charge in [0.05, 0.1) is 0 Å². The first-order valence-electron chi connectivity index (χ1n) is 4.11. The van der Waals surface area contributed by atoms with E-state index in [0.29, 0.717) is 5.41 Å². The van der Waals surface area contributed by atoms with Crippen molar-refractivity contribution in [3.63, 3.8) is 0 Å². The molecule has 1 rings (SSSR count). The fourth-order valence-electron chi connectivity index (χ4n) is 1.76. The van der Waals surface area contributed by atoms with E-state index in [2.05, 4.69) is 20.4 Å². The van der Waals surface area contributed by atoms with Gasteiger partial charge in [-0.1, -0.05) is 26.3 Å². The zero-order valence-corrected chi connectivity index (χ0v) is 7.11. The molecular weight excluding hydrogens is 120 g/mol. The van der Waals surface area contributed by atoms with Crippen molar-refractivity contribution in [1.29, 1.82) is 0 Å². The monoisotopic (exact) mass is 137 g/mol. The van der Waals surface area contributed by atoms with E-state index in [1.807, 2.05) is 6.08 Å². The summed E-state index contributed by atoms with van der Waals surface area (Å²) in [6.45, 7) is 8.50. The Morgan fingerprint density at radius 1 is 1.50 bits per heavy atom. The van der Waals surface area contributed by atoms with E-state index in [9.17, 15) is 0 Å². The molecule has 0 aromatic carbocycles. The van der Waals surface area contributed by atoms with Gasteiger partial charge in [-0.15, -0.1) is 6.58 Å². The van der Waals surface area contributed by atoms with Crippen LogP contribution in [0, 0.1) is 11.3 Å². The summed E-state index contributed by atoms with van der Waals surface area (Å²) in [6.07, 6.45) is 7.32. The van der Waals surface area contributed by atoms with Gasteiger partial charge in [-0.3, -0.25) is 0 Å². The van der Waals surface area contributed by atoms with Gasteiger partial charge in [0.2, 0.25) is 0 Å². The van der Waals surface area contributed by atoms with Crippen LogP contribution in [0.5, 0.6) is 0 Å². The molecule has 0 atom stereocenters. The van der Waals surface area contributed by atoms with Crippen LogP contribution in [0.2, 0.25) is 0 Å². The van der Waals surface area contributed by atoms with E-state index in [-0.39, 0.29) is 0 Å². The van der Waals surface area contributed by atoms with Gasteiger partial charge < -0.3 is 0 Å².